The predicted molar refractivity (Wildman–Crippen MR) is 80.5 cm³/mol. The van der Waals surface area contributed by atoms with Crippen LogP contribution in [-0.4, -0.2) is 31.5 Å². The van der Waals surface area contributed by atoms with Gasteiger partial charge in [0.1, 0.15) is 0 Å². The first-order valence-corrected chi connectivity index (χ1v) is 6.23. The number of amidine groups is 1. The van der Waals surface area contributed by atoms with Gasteiger partial charge in [-0.3, -0.25) is 9.79 Å². The zero-order chi connectivity index (χ0) is 14.4. The van der Waals surface area contributed by atoms with Gasteiger partial charge in [-0.2, -0.15) is 0 Å². The van der Waals surface area contributed by atoms with Crippen molar-refractivity contribution < 1.29 is 4.79 Å². The smallest absolute Gasteiger partial charge is 0.288 e. The first-order valence-electron chi connectivity index (χ1n) is 6.23. The summed E-state index contributed by atoms with van der Waals surface area (Å²) in [7, 11) is 1.54. The third-order valence-electron chi connectivity index (χ3n) is 1.85. The second-order valence-electron chi connectivity index (χ2n) is 3.10. The van der Waals surface area contributed by atoms with Gasteiger partial charge in [-0.05, 0) is 18.9 Å². The van der Waals surface area contributed by atoms with Gasteiger partial charge in [-0.25, -0.2) is 4.99 Å². The number of aliphatic imine (C=N–C) groups is 2. The normalized spacial score (nSPS) is 11.3. The summed E-state index contributed by atoms with van der Waals surface area (Å²) < 4.78 is 0. The lowest BCUT2D eigenvalue weighted by atomic mass is 10.3. The molecule has 0 fully saturated rings. The minimum atomic E-state index is -0.277. The highest BCUT2D eigenvalue weighted by molar-refractivity contribution is 6.39. The fourth-order valence-corrected chi connectivity index (χ4v) is 0.810. The standard InChI is InChI=1S/C12H19N3O.C2H6/c1-5-7-8-14-12(16)11(13-4)15-9-10(3)6-2;1-2/h5,7,9H,3,6,8H2,1-2,4H3,(H,14,16);1-2H3/b7-5+,13-11?,15-9?;. The van der Waals surface area contributed by atoms with Crippen molar-refractivity contribution in [2.45, 2.75) is 34.1 Å². The van der Waals surface area contributed by atoms with E-state index >= 15 is 0 Å². The number of nitrogens with one attached hydrogen (secondary N) is 1. The summed E-state index contributed by atoms with van der Waals surface area (Å²) in [6.45, 7) is 12.1. The molecule has 102 valence electrons. The summed E-state index contributed by atoms with van der Waals surface area (Å²) in [5.74, 6) is -0.111. The van der Waals surface area contributed by atoms with E-state index in [1.807, 2.05) is 39.8 Å². The van der Waals surface area contributed by atoms with Gasteiger partial charge in [0.25, 0.3) is 5.91 Å². The minimum absolute atomic E-state index is 0.166. The average molecular weight is 251 g/mol. The van der Waals surface area contributed by atoms with Gasteiger partial charge in [0.2, 0.25) is 5.84 Å². The van der Waals surface area contributed by atoms with Gasteiger partial charge in [0.05, 0.1) is 0 Å². The summed E-state index contributed by atoms with van der Waals surface area (Å²) in [6.07, 6.45) is 6.09. The molecule has 0 rings (SSSR count). The Morgan fingerprint density at radius 3 is 2.44 bits per heavy atom. The van der Waals surface area contributed by atoms with Crippen molar-refractivity contribution in [1.29, 1.82) is 0 Å². The number of nitrogens with zero attached hydrogens (tertiary/aromatic N) is 2. The van der Waals surface area contributed by atoms with Crippen LogP contribution >= 0.6 is 0 Å². The number of carbonyl (C=O) groups is 1. The Balaban J connectivity index is 0. The van der Waals surface area contributed by atoms with E-state index in [1.165, 1.54) is 7.05 Å². The number of hydrogen-bond acceptors (Lipinski definition) is 2. The lowest BCUT2D eigenvalue weighted by Crippen LogP contribution is -2.30. The molecule has 0 atom stereocenters. The van der Waals surface area contributed by atoms with Crippen molar-refractivity contribution in [3.8, 4) is 0 Å². The molecule has 0 aromatic rings. The van der Waals surface area contributed by atoms with Crippen molar-refractivity contribution in [2.24, 2.45) is 9.98 Å². The highest BCUT2D eigenvalue weighted by atomic mass is 16.2. The fraction of sp³-hybridized carbons (Fsp3) is 0.500. The summed E-state index contributed by atoms with van der Waals surface area (Å²) in [4.78, 5) is 19.3. The Labute approximate surface area is 111 Å². The van der Waals surface area contributed by atoms with Crippen molar-refractivity contribution >= 4 is 18.0 Å². The zero-order valence-corrected chi connectivity index (χ0v) is 12.2. The van der Waals surface area contributed by atoms with Crippen LogP contribution in [0.25, 0.3) is 0 Å². The fourth-order valence-electron chi connectivity index (χ4n) is 0.810. The Hall–Kier alpha value is -1.71. The van der Waals surface area contributed by atoms with E-state index in [4.69, 9.17) is 0 Å². The zero-order valence-electron chi connectivity index (χ0n) is 12.2. The lowest BCUT2D eigenvalue weighted by Gasteiger charge is -2.00. The van der Waals surface area contributed by atoms with Gasteiger partial charge in [0.15, 0.2) is 0 Å². The third-order valence-corrected chi connectivity index (χ3v) is 1.85. The molecule has 0 radical (unpaired) electrons. The summed E-state index contributed by atoms with van der Waals surface area (Å²) in [5, 5.41) is 2.68. The molecular formula is C14H25N3O. The SMILES string of the molecule is C=C(C=NC(=NC)C(=O)NC/C=C/C)CC.CC. The van der Waals surface area contributed by atoms with Gasteiger partial charge >= 0.3 is 0 Å². The summed E-state index contributed by atoms with van der Waals surface area (Å²) in [5.41, 5.74) is 0.863. The van der Waals surface area contributed by atoms with E-state index in [0.717, 1.165) is 12.0 Å². The van der Waals surface area contributed by atoms with Crippen LogP contribution in [0.15, 0.2) is 34.3 Å². The molecule has 4 heteroatoms. The molecule has 0 spiro atoms. The number of allylic oxidation sites excluding steroid dienone is 2. The number of rotatable bonds is 4. The molecule has 0 unspecified atom stereocenters. The molecule has 1 amide bonds. The average Bonchev–Trinajstić information content (AvgIpc) is 2.41. The maximum atomic E-state index is 11.5. The van der Waals surface area contributed by atoms with Crippen LogP contribution in [0.5, 0.6) is 0 Å². The van der Waals surface area contributed by atoms with Crippen LogP contribution in [0.3, 0.4) is 0 Å². The monoisotopic (exact) mass is 251 g/mol. The number of amides is 1. The first kappa shape index (κ1) is 18.6. The largest absolute Gasteiger partial charge is 0.346 e. The van der Waals surface area contributed by atoms with Crippen LogP contribution in [0.2, 0.25) is 0 Å². The Morgan fingerprint density at radius 2 is 2.00 bits per heavy atom. The highest BCUT2D eigenvalue weighted by Crippen LogP contribution is 1.92. The molecule has 0 bridgehead atoms. The van der Waals surface area contributed by atoms with Crippen molar-refractivity contribution in [3.63, 3.8) is 0 Å². The van der Waals surface area contributed by atoms with E-state index in [-0.39, 0.29) is 11.7 Å². The molecule has 1 N–H and O–H groups in total. The van der Waals surface area contributed by atoms with Gasteiger partial charge in [-0.1, -0.05) is 39.5 Å². The quantitative estimate of drug-likeness (QED) is 0.466. The molecular weight excluding hydrogens is 226 g/mol. The Kier molecular flexibility index (Phi) is 13.8. The lowest BCUT2D eigenvalue weighted by molar-refractivity contribution is -0.114. The van der Waals surface area contributed by atoms with Crippen LogP contribution in [0, 0.1) is 0 Å². The maximum absolute atomic E-state index is 11.5. The summed E-state index contributed by atoms with van der Waals surface area (Å²) in [6, 6.07) is 0. The van der Waals surface area contributed by atoms with Gasteiger partial charge in [0, 0.05) is 19.8 Å². The molecule has 0 aromatic heterocycles. The van der Waals surface area contributed by atoms with Crippen molar-refractivity contribution in [3.05, 3.63) is 24.3 Å². The van der Waals surface area contributed by atoms with Crippen LogP contribution in [0.4, 0.5) is 0 Å². The van der Waals surface area contributed by atoms with E-state index in [1.54, 1.807) is 6.21 Å². The van der Waals surface area contributed by atoms with E-state index in [0.29, 0.717) is 6.54 Å². The molecule has 18 heavy (non-hydrogen) atoms. The molecule has 4 nitrogen and oxygen atoms in total. The van der Waals surface area contributed by atoms with E-state index in [9.17, 15) is 4.79 Å². The van der Waals surface area contributed by atoms with E-state index < -0.39 is 0 Å². The van der Waals surface area contributed by atoms with Gasteiger partial charge < -0.3 is 5.32 Å². The molecule has 0 saturated heterocycles. The number of carbonyl (C=O) groups excluding carboxylic acids is 1. The van der Waals surface area contributed by atoms with Gasteiger partial charge in [-0.15, -0.1) is 0 Å². The molecule has 0 heterocycles. The third kappa shape index (κ3) is 9.51. The topological polar surface area (TPSA) is 53.8 Å². The van der Waals surface area contributed by atoms with Crippen molar-refractivity contribution in [1.82, 2.24) is 5.32 Å². The second kappa shape index (κ2) is 13.4. The molecule has 0 aliphatic heterocycles. The van der Waals surface area contributed by atoms with Crippen LogP contribution in [0.1, 0.15) is 34.1 Å². The molecule has 0 saturated carbocycles. The number of hydrogen-bond donors (Lipinski definition) is 1. The van der Waals surface area contributed by atoms with Crippen LogP contribution < -0.4 is 5.32 Å². The molecule has 0 aromatic carbocycles. The summed E-state index contributed by atoms with van der Waals surface area (Å²) >= 11 is 0. The van der Waals surface area contributed by atoms with E-state index in [2.05, 4.69) is 21.9 Å². The Bertz CT molecular complexity index is 328. The first-order chi connectivity index (χ1) is 8.65. The van der Waals surface area contributed by atoms with Crippen LogP contribution in [-0.2, 0) is 4.79 Å². The highest BCUT2D eigenvalue weighted by Gasteiger charge is 2.06. The molecule has 0 aliphatic carbocycles. The minimum Gasteiger partial charge on any atom is -0.346 e. The van der Waals surface area contributed by atoms with Crippen molar-refractivity contribution in [2.75, 3.05) is 13.6 Å². The molecule has 0 aliphatic rings. The Morgan fingerprint density at radius 1 is 1.39 bits per heavy atom. The second-order valence-corrected chi connectivity index (χ2v) is 3.10. The predicted octanol–water partition coefficient (Wildman–Crippen LogP) is 2.77. The maximum Gasteiger partial charge on any atom is 0.288 e.